The molecule has 0 aromatic heterocycles. The van der Waals surface area contributed by atoms with Crippen LogP contribution in [0.2, 0.25) is 0 Å². The molecule has 2 saturated heterocycles. The summed E-state index contributed by atoms with van der Waals surface area (Å²) >= 11 is 0. The molecule has 2 heterocycles. The molecule has 144 valence electrons. The van der Waals surface area contributed by atoms with Crippen LogP contribution in [0, 0.1) is 5.41 Å². The Morgan fingerprint density at radius 3 is 2.54 bits per heavy atom. The van der Waals surface area contributed by atoms with E-state index in [9.17, 15) is 9.90 Å². The molecule has 0 bridgehead atoms. The van der Waals surface area contributed by atoms with Gasteiger partial charge in [-0.25, -0.2) is 4.79 Å². The van der Waals surface area contributed by atoms with Crippen LogP contribution in [-0.2, 0) is 16.1 Å². The molecule has 2 aliphatic heterocycles. The lowest BCUT2D eigenvalue weighted by atomic mass is 9.69. The molecule has 3 rings (SSSR count). The highest BCUT2D eigenvalue weighted by molar-refractivity contribution is 5.68. The molecule has 1 aromatic rings. The number of carbonyl (C=O) groups is 1. The average Bonchev–Trinajstić information content (AvgIpc) is 2.64. The minimum atomic E-state index is -0.819. The third-order valence-corrected chi connectivity index (χ3v) is 5.69. The van der Waals surface area contributed by atoms with E-state index in [-0.39, 0.29) is 12.7 Å². The van der Waals surface area contributed by atoms with Gasteiger partial charge in [0.25, 0.3) is 0 Å². The molecule has 1 unspecified atom stereocenters. The smallest absolute Gasteiger partial charge is 0.410 e. The summed E-state index contributed by atoms with van der Waals surface area (Å²) in [6, 6.07) is 9.68. The van der Waals surface area contributed by atoms with Crippen molar-refractivity contribution >= 4 is 6.09 Å². The van der Waals surface area contributed by atoms with E-state index < -0.39 is 11.0 Å². The van der Waals surface area contributed by atoms with E-state index in [0.29, 0.717) is 39.3 Å². The van der Waals surface area contributed by atoms with Gasteiger partial charge in [-0.05, 0) is 12.0 Å². The molecular formula is C20H30N2O4. The summed E-state index contributed by atoms with van der Waals surface area (Å²) in [6.45, 7) is 9.09. The molecule has 6 nitrogen and oxygen atoms in total. The van der Waals surface area contributed by atoms with Gasteiger partial charge in [0, 0.05) is 38.1 Å². The van der Waals surface area contributed by atoms with Crippen molar-refractivity contribution in [3.05, 3.63) is 35.9 Å². The number of ether oxygens (including phenoxy) is 2. The van der Waals surface area contributed by atoms with Crippen LogP contribution in [0.25, 0.3) is 0 Å². The molecule has 0 aliphatic carbocycles. The highest BCUT2D eigenvalue weighted by Gasteiger charge is 2.49. The van der Waals surface area contributed by atoms with Crippen molar-refractivity contribution in [1.29, 1.82) is 0 Å². The number of carbonyl (C=O) groups excluding carboxylic acids is 1. The Balaban J connectivity index is 1.55. The Labute approximate surface area is 155 Å². The Morgan fingerprint density at radius 2 is 1.88 bits per heavy atom. The summed E-state index contributed by atoms with van der Waals surface area (Å²) in [6.07, 6.45) is 0.244. The second-order valence-electron chi connectivity index (χ2n) is 8.02. The van der Waals surface area contributed by atoms with Gasteiger partial charge in [0.2, 0.25) is 0 Å². The number of morpholine rings is 1. The van der Waals surface area contributed by atoms with Crippen LogP contribution in [0.5, 0.6) is 0 Å². The van der Waals surface area contributed by atoms with Crippen molar-refractivity contribution in [1.82, 2.24) is 9.80 Å². The molecule has 1 amide bonds. The second kappa shape index (κ2) is 7.94. The van der Waals surface area contributed by atoms with Gasteiger partial charge >= 0.3 is 6.09 Å². The first-order chi connectivity index (χ1) is 12.4. The van der Waals surface area contributed by atoms with Crippen molar-refractivity contribution < 1.29 is 19.4 Å². The van der Waals surface area contributed by atoms with Crippen LogP contribution in [0.3, 0.4) is 0 Å². The largest absolute Gasteiger partial charge is 0.445 e. The van der Waals surface area contributed by atoms with Gasteiger partial charge in [0.15, 0.2) is 0 Å². The first kappa shape index (κ1) is 19.1. The number of benzene rings is 1. The Bertz CT molecular complexity index is 601. The molecule has 6 heteroatoms. The Morgan fingerprint density at radius 1 is 1.19 bits per heavy atom. The van der Waals surface area contributed by atoms with Gasteiger partial charge in [0.05, 0.1) is 18.8 Å². The third kappa shape index (κ3) is 4.37. The summed E-state index contributed by atoms with van der Waals surface area (Å²) in [4.78, 5) is 16.4. The average molecular weight is 362 g/mol. The number of likely N-dealkylation sites (tertiary alicyclic amines) is 1. The summed E-state index contributed by atoms with van der Waals surface area (Å²) in [5, 5.41) is 11.3. The van der Waals surface area contributed by atoms with Gasteiger partial charge in [-0.2, -0.15) is 0 Å². The van der Waals surface area contributed by atoms with Gasteiger partial charge in [0.1, 0.15) is 6.61 Å². The van der Waals surface area contributed by atoms with E-state index in [4.69, 9.17) is 9.47 Å². The highest BCUT2D eigenvalue weighted by atomic mass is 16.6. The quantitative estimate of drug-likeness (QED) is 0.889. The molecule has 0 saturated carbocycles. The van der Waals surface area contributed by atoms with E-state index in [2.05, 4.69) is 4.90 Å². The summed E-state index contributed by atoms with van der Waals surface area (Å²) in [5.74, 6) is 0. The molecule has 26 heavy (non-hydrogen) atoms. The molecular weight excluding hydrogens is 332 g/mol. The first-order valence-electron chi connectivity index (χ1n) is 9.38. The topological polar surface area (TPSA) is 62.2 Å². The van der Waals surface area contributed by atoms with Crippen LogP contribution in [-0.4, -0.2) is 72.5 Å². The second-order valence-corrected chi connectivity index (χ2v) is 8.02. The van der Waals surface area contributed by atoms with Crippen molar-refractivity contribution in [2.45, 2.75) is 32.5 Å². The van der Waals surface area contributed by atoms with E-state index in [0.717, 1.165) is 18.7 Å². The van der Waals surface area contributed by atoms with Crippen LogP contribution >= 0.6 is 0 Å². The van der Waals surface area contributed by atoms with E-state index in [1.807, 2.05) is 44.2 Å². The zero-order chi connectivity index (χ0) is 18.6. The summed E-state index contributed by atoms with van der Waals surface area (Å²) in [7, 11) is 0. The van der Waals surface area contributed by atoms with Crippen LogP contribution in [0.1, 0.15) is 25.8 Å². The highest BCUT2D eigenvalue weighted by Crippen LogP contribution is 2.39. The van der Waals surface area contributed by atoms with Crippen molar-refractivity contribution in [3.8, 4) is 0 Å². The van der Waals surface area contributed by atoms with Crippen molar-refractivity contribution in [2.24, 2.45) is 5.41 Å². The predicted molar refractivity (Wildman–Crippen MR) is 98.8 cm³/mol. The normalized spacial score (nSPS) is 26.5. The molecule has 0 radical (unpaired) electrons. The number of hydrogen-bond donors (Lipinski definition) is 1. The number of amides is 1. The van der Waals surface area contributed by atoms with Crippen LogP contribution in [0.4, 0.5) is 4.79 Å². The number of nitrogens with zero attached hydrogens (tertiary/aromatic N) is 2. The number of aliphatic hydroxyl groups is 1. The molecule has 1 N–H and O–H groups in total. The van der Waals surface area contributed by atoms with Gasteiger partial charge in [-0.15, -0.1) is 0 Å². The lowest BCUT2D eigenvalue weighted by Gasteiger charge is -2.51. The Hall–Kier alpha value is -1.63. The summed E-state index contributed by atoms with van der Waals surface area (Å²) in [5.41, 5.74) is -0.253. The van der Waals surface area contributed by atoms with Gasteiger partial charge in [-0.1, -0.05) is 44.2 Å². The van der Waals surface area contributed by atoms with Crippen molar-refractivity contribution in [2.75, 3.05) is 45.9 Å². The number of piperidine rings is 1. The number of rotatable bonds is 4. The number of β-amino-alcohol motifs (C(OH)–C–C–N with tert-alkyl or cyclic N) is 1. The third-order valence-electron chi connectivity index (χ3n) is 5.69. The zero-order valence-corrected chi connectivity index (χ0v) is 15.8. The maximum absolute atomic E-state index is 12.5. The first-order valence-corrected chi connectivity index (χ1v) is 9.38. The van der Waals surface area contributed by atoms with E-state index >= 15 is 0 Å². The van der Waals surface area contributed by atoms with E-state index in [1.165, 1.54) is 0 Å². The number of hydrogen-bond acceptors (Lipinski definition) is 5. The van der Waals surface area contributed by atoms with Crippen LogP contribution < -0.4 is 0 Å². The monoisotopic (exact) mass is 362 g/mol. The standard InChI is InChI=1S/C20H30N2O4/c1-19(2)15-22(18(23)26-14-17-6-4-3-5-7-17)9-8-20(19,24)16-21-10-12-25-13-11-21/h3-7,24H,8-16H2,1-2H3. The minimum absolute atomic E-state index is 0.272. The zero-order valence-electron chi connectivity index (χ0n) is 15.8. The van der Waals surface area contributed by atoms with Gasteiger partial charge in [-0.3, -0.25) is 4.90 Å². The van der Waals surface area contributed by atoms with E-state index in [1.54, 1.807) is 4.90 Å². The summed E-state index contributed by atoms with van der Waals surface area (Å²) < 4.78 is 10.9. The fourth-order valence-corrected chi connectivity index (χ4v) is 3.75. The maximum atomic E-state index is 12.5. The molecule has 2 fully saturated rings. The fraction of sp³-hybridized carbons (Fsp3) is 0.650. The minimum Gasteiger partial charge on any atom is -0.445 e. The Kier molecular flexibility index (Phi) is 5.85. The lowest BCUT2D eigenvalue weighted by Crippen LogP contribution is -2.63. The predicted octanol–water partition coefficient (Wildman–Crippen LogP) is 2.12. The maximum Gasteiger partial charge on any atom is 0.410 e. The van der Waals surface area contributed by atoms with Crippen LogP contribution in [0.15, 0.2) is 30.3 Å². The fourth-order valence-electron chi connectivity index (χ4n) is 3.75. The van der Waals surface area contributed by atoms with Gasteiger partial charge < -0.3 is 19.5 Å². The molecule has 1 atom stereocenters. The molecule has 1 aromatic carbocycles. The molecule has 2 aliphatic rings. The molecule has 0 spiro atoms. The van der Waals surface area contributed by atoms with Crippen molar-refractivity contribution in [3.63, 3.8) is 0 Å². The lowest BCUT2D eigenvalue weighted by molar-refractivity contribution is -0.135. The SMILES string of the molecule is CC1(C)CN(C(=O)OCc2ccccc2)CCC1(O)CN1CCOCC1.